The van der Waals surface area contributed by atoms with E-state index in [0.717, 1.165) is 41.5 Å². The molecule has 21 heavy (non-hydrogen) atoms. The first-order chi connectivity index (χ1) is 9.89. The van der Waals surface area contributed by atoms with Gasteiger partial charge in [-0.05, 0) is 36.8 Å². The fourth-order valence-electron chi connectivity index (χ4n) is 3.35. The van der Waals surface area contributed by atoms with Crippen LogP contribution in [-0.2, 0) is 0 Å². The summed E-state index contributed by atoms with van der Waals surface area (Å²) in [6, 6.07) is 3.86. The van der Waals surface area contributed by atoms with Gasteiger partial charge in [-0.25, -0.2) is 0 Å². The van der Waals surface area contributed by atoms with Crippen molar-refractivity contribution in [3.8, 4) is 0 Å². The second-order valence-corrected chi connectivity index (χ2v) is 7.93. The third-order valence-electron chi connectivity index (χ3n) is 4.54. The Balaban J connectivity index is 1.83. The van der Waals surface area contributed by atoms with Crippen molar-refractivity contribution in [3.63, 3.8) is 0 Å². The van der Waals surface area contributed by atoms with Crippen molar-refractivity contribution in [1.29, 1.82) is 5.41 Å². The largest absolute Gasteiger partial charge is 0.353 e. The molecule has 112 valence electrons. The van der Waals surface area contributed by atoms with E-state index in [0.29, 0.717) is 10.6 Å². The molecule has 1 saturated carbocycles. The van der Waals surface area contributed by atoms with Gasteiger partial charge in [0.2, 0.25) is 0 Å². The summed E-state index contributed by atoms with van der Waals surface area (Å²) in [5.41, 5.74) is 8.98. The first-order valence-corrected chi connectivity index (χ1v) is 8.13. The van der Waals surface area contributed by atoms with Gasteiger partial charge in [0.15, 0.2) is 6.29 Å². The lowest BCUT2D eigenvalue weighted by atomic mass is 9.69. The zero-order valence-electron chi connectivity index (χ0n) is 12.4. The monoisotopic (exact) mass is 303 g/mol. The number of hydrogen-bond acceptors (Lipinski definition) is 4. The number of nitrogens with one attached hydrogen (secondary N) is 2. The van der Waals surface area contributed by atoms with E-state index in [-0.39, 0.29) is 17.4 Å². The zero-order valence-corrected chi connectivity index (χ0v) is 13.2. The van der Waals surface area contributed by atoms with Crippen LogP contribution < -0.4 is 5.73 Å². The van der Waals surface area contributed by atoms with Crippen LogP contribution >= 0.6 is 11.3 Å². The Hall–Kier alpha value is -1.46. The number of carbonyl (C=O) groups is 1. The van der Waals surface area contributed by atoms with E-state index in [1.807, 2.05) is 12.1 Å². The Morgan fingerprint density at radius 3 is 2.90 bits per heavy atom. The van der Waals surface area contributed by atoms with E-state index in [4.69, 9.17) is 11.1 Å². The van der Waals surface area contributed by atoms with Gasteiger partial charge in [-0.2, -0.15) is 0 Å². The molecule has 1 aliphatic rings. The molecule has 1 aliphatic carbocycles. The fraction of sp³-hybridized carbons (Fsp3) is 0.500. The molecule has 4 N–H and O–H groups in total. The summed E-state index contributed by atoms with van der Waals surface area (Å²) in [7, 11) is 0. The van der Waals surface area contributed by atoms with Gasteiger partial charge in [0.05, 0.1) is 26.5 Å². The highest BCUT2D eigenvalue weighted by Gasteiger charge is 2.35. The Morgan fingerprint density at radius 1 is 1.52 bits per heavy atom. The number of nitrogens with two attached hydrogens (primary N) is 1. The summed E-state index contributed by atoms with van der Waals surface area (Å²) in [6.45, 7) is 4.50. The van der Waals surface area contributed by atoms with E-state index in [2.05, 4.69) is 18.8 Å². The molecule has 2 heterocycles. The molecular weight excluding hydrogens is 282 g/mol. The number of hydrogen-bond donors (Lipinski definition) is 3. The van der Waals surface area contributed by atoms with Gasteiger partial charge < -0.3 is 16.1 Å². The first-order valence-electron chi connectivity index (χ1n) is 7.32. The zero-order chi connectivity index (χ0) is 15.2. The third kappa shape index (κ3) is 2.68. The van der Waals surface area contributed by atoms with Crippen molar-refractivity contribution in [1.82, 2.24) is 4.98 Å². The minimum atomic E-state index is 0.0492. The molecule has 0 aliphatic heterocycles. The molecule has 0 radical (unpaired) electrons. The van der Waals surface area contributed by atoms with Gasteiger partial charge in [-0.15, -0.1) is 11.3 Å². The predicted molar refractivity (Wildman–Crippen MR) is 87.5 cm³/mol. The van der Waals surface area contributed by atoms with E-state index in [1.54, 1.807) is 0 Å². The smallest absolute Gasteiger partial charge is 0.160 e. The van der Waals surface area contributed by atoms with Gasteiger partial charge in [0.25, 0.3) is 0 Å². The van der Waals surface area contributed by atoms with E-state index < -0.39 is 0 Å². The van der Waals surface area contributed by atoms with Gasteiger partial charge in [-0.1, -0.05) is 13.8 Å². The van der Waals surface area contributed by atoms with E-state index >= 15 is 0 Å². The number of carbonyl (C=O) groups excluding carboxylic acids is 1. The van der Waals surface area contributed by atoms with Crippen LogP contribution in [0.25, 0.3) is 10.2 Å². The number of aldehydes is 1. The quantitative estimate of drug-likeness (QED) is 0.598. The molecule has 0 bridgehead atoms. The third-order valence-corrected chi connectivity index (χ3v) is 5.55. The first kappa shape index (κ1) is 14.5. The summed E-state index contributed by atoms with van der Waals surface area (Å²) in [5, 5.41) is 8.48. The minimum Gasteiger partial charge on any atom is -0.353 e. The highest BCUT2D eigenvalue weighted by molar-refractivity contribution is 7.20. The minimum absolute atomic E-state index is 0.0492. The van der Waals surface area contributed by atoms with Gasteiger partial charge >= 0.3 is 0 Å². The van der Waals surface area contributed by atoms with Crippen LogP contribution in [0.2, 0.25) is 0 Å². The lowest BCUT2D eigenvalue weighted by Gasteiger charge is -2.39. The maximum Gasteiger partial charge on any atom is 0.160 e. The molecule has 4 nitrogen and oxygen atoms in total. The molecule has 0 aromatic carbocycles. The van der Waals surface area contributed by atoms with Gasteiger partial charge in [-0.3, -0.25) is 4.79 Å². The van der Waals surface area contributed by atoms with Crippen LogP contribution in [-0.4, -0.2) is 23.0 Å². The molecule has 0 amide bonds. The van der Waals surface area contributed by atoms with Crippen LogP contribution in [0.3, 0.4) is 0 Å². The van der Waals surface area contributed by atoms with Crippen LogP contribution in [0.5, 0.6) is 0 Å². The molecule has 0 saturated heterocycles. The maximum absolute atomic E-state index is 10.8. The average Bonchev–Trinajstić information content (AvgIpc) is 2.94. The van der Waals surface area contributed by atoms with Crippen LogP contribution in [0, 0.1) is 16.7 Å². The fourth-order valence-corrected chi connectivity index (χ4v) is 4.22. The number of aromatic nitrogens is 1. The summed E-state index contributed by atoms with van der Waals surface area (Å²) in [4.78, 5) is 14.8. The Morgan fingerprint density at radius 2 is 2.29 bits per heavy atom. The number of aromatic amines is 1. The molecule has 5 heteroatoms. The van der Waals surface area contributed by atoms with Crippen LogP contribution in [0.4, 0.5) is 0 Å². The lowest BCUT2D eigenvalue weighted by Crippen LogP contribution is -2.43. The predicted octanol–water partition coefficient (Wildman–Crippen LogP) is 3.56. The van der Waals surface area contributed by atoms with Crippen molar-refractivity contribution >= 4 is 33.6 Å². The summed E-state index contributed by atoms with van der Waals surface area (Å²) in [5.74, 6) is 0.122. The second kappa shape index (κ2) is 5.07. The molecular formula is C16H21N3OS. The lowest BCUT2D eigenvalue weighted by molar-refractivity contribution is 0.112. The molecule has 1 fully saturated rings. The number of H-pyrrole nitrogens is 1. The van der Waals surface area contributed by atoms with Crippen molar-refractivity contribution in [2.24, 2.45) is 17.1 Å². The van der Waals surface area contributed by atoms with Crippen molar-refractivity contribution in [3.05, 3.63) is 22.7 Å². The Bertz CT molecular complexity index is 666. The Kier molecular flexibility index (Phi) is 3.50. The molecule has 2 aromatic rings. The standard InChI is InChI=1S/C16H21N3OS/c1-16(2)4-3-10(11(17)7-16)15(18)13-6-14-12(19-13)5-9(8-20)21-14/h5-6,8,10-11,18-19H,3-4,7,17H2,1-2H3/t10-,11?/m1/s1. The average molecular weight is 303 g/mol. The summed E-state index contributed by atoms with van der Waals surface area (Å²) in [6.07, 6.45) is 3.91. The van der Waals surface area contributed by atoms with Crippen molar-refractivity contribution < 1.29 is 4.79 Å². The SMILES string of the molecule is CC1(C)CC[C@@H](C(=N)c2cc3sc(C=O)cc3[nH]2)C(N)C1. The number of fused-ring (bicyclic) bond motifs is 1. The molecule has 2 atom stereocenters. The number of thiophene rings is 1. The van der Waals surface area contributed by atoms with E-state index in [1.165, 1.54) is 11.3 Å². The molecule has 2 aromatic heterocycles. The molecule has 0 spiro atoms. The van der Waals surface area contributed by atoms with Gasteiger partial charge in [0, 0.05) is 12.0 Å². The van der Waals surface area contributed by atoms with Crippen LogP contribution in [0.1, 0.15) is 48.5 Å². The number of rotatable bonds is 3. The topological polar surface area (TPSA) is 82.7 Å². The highest BCUT2D eigenvalue weighted by atomic mass is 32.1. The normalized spacial score (nSPS) is 25.1. The van der Waals surface area contributed by atoms with Crippen molar-refractivity contribution in [2.45, 2.75) is 39.2 Å². The summed E-state index contributed by atoms with van der Waals surface area (Å²) < 4.78 is 1.03. The molecule has 1 unspecified atom stereocenters. The van der Waals surface area contributed by atoms with E-state index in [9.17, 15) is 4.79 Å². The molecule has 3 rings (SSSR count). The second-order valence-electron chi connectivity index (χ2n) is 6.82. The highest BCUT2D eigenvalue weighted by Crippen LogP contribution is 2.39. The van der Waals surface area contributed by atoms with Crippen molar-refractivity contribution in [2.75, 3.05) is 0 Å². The van der Waals surface area contributed by atoms with Gasteiger partial charge in [0.1, 0.15) is 0 Å². The van der Waals surface area contributed by atoms with Crippen LogP contribution in [0.15, 0.2) is 12.1 Å². The Labute approximate surface area is 128 Å². The maximum atomic E-state index is 10.8. The summed E-state index contributed by atoms with van der Waals surface area (Å²) >= 11 is 1.46.